The summed E-state index contributed by atoms with van der Waals surface area (Å²) in [5, 5.41) is 1.83. The van der Waals surface area contributed by atoms with Gasteiger partial charge >= 0.3 is 5.97 Å². The van der Waals surface area contributed by atoms with Gasteiger partial charge in [0.05, 0.1) is 40.9 Å². The number of carbonyl (C=O) groups is 1. The highest BCUT2D eigenvalue weighted by Crippen LogP contribution is 2.41. The fraction of sp³-hybridized carbons (Fsp3) is 0.114. The van der Waals surface area contributed by atoms with Gasteiger partial charge < -0.3 is 14.0 Å². The fourth-order valence-electron chi connectivity index (χ4n) is 7.14. The largest absolute Gasteiger partial charge is 0.496 e. The summed E-state index contributed by atoms with van der Waals surface area (Å²) in [7, 11) is 1.60. The van der Waals surface area contributed by atoms with Crippen molar-refractivity contribution < 1.29 is 14.3 Å². The van der Waals surface area contributed by atoms with Crippen LogP contribution in [0.25, 0.3) is 45.1 Å². The summed E-state index contributed by atoms with van der Waals surface area (Å²) in [4.78, 5) is 34.0. The van der Waals surface area contributed by atoms with Crippen molar-refractivity contribution in [3.63, 3.8) is 0 Å². The van der Waals surface area contributed by atoms with Crippen LogP contribution in [-0.4, -0.2) is 28.8 Å². The molecule has 52 heavy (non-hydrogen) atoms. The van der Waals surface area contributed by atoms with Crippen molar-refractivity contribution in [1.82, 2.24) is 9.13 Å². The minimum atomic E-state index is -0.833. The van der Waals surface area contributed by atoms with E-state index in [0.29, 0.717) is 31.9 Å². The van der Waals surface area contributed by atoms with Crippen LogP contribution < -0.4 is 19.6 Å². The van der Waals surface area contributed by atoms with Crippen LogP contribution in [-0.2, 0) is 9.53 Å². The van der Waals surface area contributed by atoms with Gasteiger partial charge in [-0.25, -0.2) is 9.79 Å². The number of hydrogen-bond acceptors (Lipinski definition) is 6. The zero-order valence-electron chi connectivity index (χ0n) is 28.9. The van der Waals surface area contributed by atoms with E-state index >= 15 is 0 Å². The van der Waals surface area contributed by atoms with Crippen molar-refractivity contribution >= 4 is 34.2 Å². The first-order chi connectivity index (χ1) is 25.5. The van der Waals surface area contributed by atoms with Crippen LogP contribution in [0.1, 0.15) is 31.0 Å². The molecular formula is C44H35N3O4S. The van der Waals surface area contributed by atoms with Crippen LogP contribution in [0, 0.1) is 0 Å². The Morgan fingerprint density at radius 2 is 1.50 bits per heavy atom. The third-order valence-corrected chi connectivity index (χ3v) is 10.4. The highest BCUT2D eigenvalue weighted by atomic mass is 32.1. The average molecular weight is 702 g/mol. The summed E-state index contributed by atoms with van der Waals surface area (Å²) in [6, 6.07) is 43.8. The van der Waals surface area contributed by atoms with E-state index in [0.717, 1.165) is 44.5 Å². The second-order valence-electron chi connectivity index (χ2n) is 12.4. The average Bonchev–Trinajstić information content (AvgIpc) is 3.71. The highest BCUT2D eigenvalue weighted by molar-refractivity contribution is 7.07. The predicted molar refractivity (Wildman–Crippen MR) is 208 cm³/mol. The maximum Gasteiger partial charge on any atom is 0.338 e. The lowest BCUT2D eigenvalue weighted by molar-refractivity contribution is -0.139. The van der Waals surface area contributed by atoms with Crippen LogP contribution in [0.4, 0.5) is 0 Å². The zero-order valence-corrected chi connectivity index (χ0v) is 29.8. The van der Waals surface area contributed by atoms with Gasteiger partial charge in [-0.2, -0.15) is 0 Å². The zero-order chi connectivity index (χ0) is 35.8. The Balaban J connectivity index is 1.43. The summed E-state index contributed by atoms with van der Waals surface area (Å²) < 4.78 is 15.9. The van der Waals surface area contributed by atoms with Gasteiger partial charge in [-0.1, -0.05) is 121 Å². The molecule has 0 amide bonds. The molecule has 3 heterocycles. The number of esters is 1. The Morgan fingerprint density at radius 3 is 2.19 bits per heavy atom. The standard InChI is InChI=1S/C44H35N3O4S/c1-4-51-43(49)38-28(2)45-44-47(41(38)39-34-23-15-14-16-29(34)24-25-36(39)50-3)42(48)37(52-44)27-32-26-35(30-17-8-5-9-18-30)46(33-21-12-7-13-22-33)40(32)31-19-10-6-11-20-31/h5-27,41H,4H2,1-3H3/b37-27-/t41-/m1/s1. The van der Waals surface area contributed by atoms with Gasteiger partial charge in [-0.3, -0.25) is 9.36 Å². The van der Waals surface area contributed by atoms with Crippen molar-refractivity contribution in [3.05, 3.63) is 176 Å². The van der Waals surface area contributed by atoms with E-state index in [1.807, 2.05) is 97.1 Å². The quantitative estimate of drug-likeness (QED) is 0.150. The minimum Gasteiger partial charge on any atom is -0.496 e. The molecule has 7 aromatic rings. The molecule has 0 radical (unpaired) electrons. The Kier molecular flexibility index (Phi) is 8.75. The number of allylic oxidation sites excluding steroid dienone is 1. The first kappa shape index (κ1) is 32.9. The van der Waals surface area contributed by atoms with E-state index < -0.39 is 12.0 Å². The number of benzene rings is 5. The summed E-state index contributed by atoms with van der Waals surface area (Å²) in [5.74, 6) is 0.0467. The summed E-state index contributed by atoms with van der Waals surface area (Å²) in [5.41, 5.74) is 7.12. The number of nitrogens with zero attached hydrogens (tertiary/aromatic N) is 3. The molecule has 0 bridgehead atoms. The van der Waals surface area contributed by atoms with E-state index in [9.17, 15) is 9.59 Å². The fourth-order valence-corrected chi connectivity index (χ4v) is 8.18. The molecule has 0 saturated carbocycles. The number of thiazole rings is 1. The first-order valence-electron chi connectivity index (χ1n) is 17.2. The van der Waals surface area contributed by atoms with E-state index in [2.05, 4.69) is 47.0 Å². The molecule has 1 atom stereocenters. The van der Waals surface area contributed by atoms with Gasteiger partial charge in [0.1, 0.15) is 11.8 Å². The molecule has 7 nitrogen and oxygen atoms in total. The first-order valence-corrected chi connectivity index (χ1v) is 18.0. The number of methoxy groups -OCH3 is 1. The van der Waals surface area contributed by atoms with Gasteiger partial charge in [0, 0.05) is 16.8 Å². The molecule has 0 spiro atoms. The van der Waals surface area contributed by atoms with Crippen molar-refractivity contribution in [2.75, 3.05) is 13.7 Å². The van der Waals surface area contributed by atoms with Crippen LogP contribution in [0.5, 0.6) is 5.75 Å². The molecular weight excluding hydrogens is 667 g/mol. The van der Waals surface area contributed by atoms with Gasteiger partial charge in [0.2, 0.25) is 0 Å². The van der Waals surface area contributed by atoms with Crippen LogP contribution in [0.3, 0.4) is 0 Å². The van der Waals surface area contributed by atoms with Gasteiger partial charge in [0.15, 0.2) is 4.80 Å². The van der Waals surface area contributed by atoms with Crippen LogP contribution in [0.15, 0.2) is 155 Å². The Bertz CT molecular complexity index is 2670. The molecule has 8 rings (SSSR count). The third-order valence-electron chi connectivity index (χ3n) is 9.39. The molecule has 256 valence electrons. The van der Waals surface area contributed by atoms with Crippen molar-refractivity contribution in [1.29, 1.82) is 0 Å². The molecule has 0 aliphatic carbocycles. The van der Waals surface area contributed by atoms with Gasteiger partial charge in [0.25, 0.3) is 5.56 Å². The van der Waals surface area contributed by atoms with Gasteiger partial charge in [-0.15, -0.1) is 0 Å². The monoisotopic (exact) mass is 701 g/mol. The lowest BCUT2D eigenvalue weighted by Gasteiger charge is -2.27. The third kappa shape index (κ3) is 5.67. The summed E-state index contributed by atoms with van der Waals surface area (Å²) in [6.45, 7) is 3.75. The van der Waals surface area contributed by atoms with E-state index in [1.54, 1.807) is 25.5 Å². The Morgan fingerprint density at radius 1 is 0.846 bits per heavy atom. The SMILES string of the molecule is CCOC(=O)C1=C(C)N=c2s/c(=C\c3cc(-c4ccccc4)n(-c4ccccc4)c3-c3ccccc3)c(=O)n2[C@H]1c1c(OC)ccc2ccccc12. The molecule has 0 saturated heterocycles. The number of carbonyl (C=O) groups excluding carboxylic acids is 1. The number of hydrogen-bond donors (Lipinski definition) is 0. The topological polar surface area (TPSA) is 74.8 Å². The molecule has 0 unspecified atom stereocenters. The highest BCUT2D eigenvalue weighted by Gasteiger charge is 2.36. The van der Waals surface area contributed by atoms with E-state index in [-0.39, 0.29) is 12.2 Å². The molecule has 5 aromatic carbocycles. The number of ether oxygens (including phenoxy) is 2. The second kappa shape index (κ2) is 13.8. The normalized spacial score (nSPS) is 14.3. The van der Waals surface area contributed by atoms with Crippen LogP contribution in [0.2, 0.25) is 0 Å². The van der Waals surface area contributed by atoms with E-state index in [4.69, 9.17) is 14.5 Å². The second-order valence-corrected chi connectivity index (χ2v) is 13.5. The minimum absolute atomic E-state index is 0.184. The molecule has 1 aliphatic heterocycles. The maximum atomic E-state index is 14.9. The van der Waals surface area contributed by atoms with Crippen molar-refractivity contribution in [3.8, 4) is 34.0 Å². The lowest BCUT2D eigenvalue weighted by atomic mass is 9.90. The predicted octanol–water partition coefficient (Wildman–Crippen LogP) is 8.08. The molecule has 0 N–H and O–H groups in total. The Labute approximate surface area is 304 Å². The number of rotatable bonds is 8. The number of aromatic nitrogens is 2. The summed E-state index contributed by atoms with van der Waals surface area (Å²) >= 11 is 1.31. The lowest BCUT2D eigenvalue weighted by Crippen LogP contribution is -2.40. The van der Waals surface area contributed by atoms with Crippen molar-refractivity contribution in [2.24, 2.45) is 4.99 Å². The molecule has 0 fully saturated rings. The maximum absolute atomic E-state index is 14.9. The van der Waals surface area contributed by atoms with Crippen molar-refractivity contribution in [2.45, 2.75) is 19.9 Å². The van der Waals surface area contributed by atoms with Crippen LogP contribution >= 0.6 is 11.3 Å². The molecule has 1 aliphatic rings. The van der Waals surface area contributed by atoms with E-state index in [1.165, 1.54) is 11.3 Å². The molecule has 8 heteroatoms. The summed E-state index contributed by atoms with van der Waals surface area (Å²) in [6.07, 6.45) is 1.96. The number of fused-ring (bicyclic) bond motifs is 2. The Hall–Kier alpha value is -6.25. The van der Waals surface area contributed by atoms with Gasteiger partial charge in [-0.05, 0) is 66.1 Å². The number of para-hydroxylation sites is 1. The molecule has 2 aromatic heterocycles. The smallest absolute Gasteiger partial charge is 0.338 e.